The number of rotatable bonds is 2. The Kier molecular flexibility index (Phi) is 8.74. The Morgan fingerprint density at radius 1 is 1.15 bits per heavy atom. The summed E-state index contributed by atoms with van der Waals surface area (Å²) >= 11 is 1.22. The molecule has 3 radical (unpaired) electrons. The van der Waals surface area contributed by atoms with Crippen molar-refractivity contribution in [3.8, 4) is 34.8 Å². The number of aryl methyl sites for hydroxylation is 1. The van der Waals surface area contributed by atoms with Gasteiger partial charge in [-0.05, 0) is 38.4 Å². The number of benzene rings is 2. The van der Waals surface area contributed by atoms with Crippen LogP contribution < -0.4 is 18.9 Å². The topological polar surface area (TPSA) is 148 Å². The van der Waals surface area contributed by atoms with Gasteiger partial charge in [0.05, 0.1) is 36.3 Å². The minimum Gasteiger partial charge on any atom is -0.504 e. The van der Waals surface area contributed by atoms with Gasteiger partial charge in [-0.3, -0.25) is 19.4 Å². The summed E-state index contributed by atoms with van der Waals surface area (Å²) < 4.78 is 29.0. The average molecular weight is 651 g/mol. The van der Waals surface area contributed by atoms with Crippen LogP contribution in [-0.2, 0) is 25.5 Å². The van der Waals surface area contributed by atoms with Crippen LogP contribution in [0.3, 0.4) is 0 Å². The Morgan fingerprint density at radius 3 is 2.54 bits per heavy atom. The second kappa shape index (κ2) is 12.0. The number of likely N-dealkylation sites (N-methyl/N-ethyl adjacent to an activating group) is 1. The number of nitriles is 1. The second-order valence-corrected chi connectivity index (χ2v) is 12.9. The van der Waals surface area contributed by atoms with Gasteiger partial charge in [-0.15, -0.1) is 11.8 Å². The van der Waals surface area contributed by atoms with Crippen LogP contribution in [0, 0.1) is 25.2 Å². The molecule has 243 valence electrons. The van der Waals surface area contributed by atoms with Gasteiger partial charge < -0.3 is 28.8 Å². The van der Waals surface area contributed by atoms with E-state index >= 15 is 0 Å². The number of hydrogen-bond acceptors (Lipinski definition) is 13. The molecule has 1 N–H and O–H groups in total. The largest absolute Gasteiger partial charge is 0.504 e. The van der Waals surface area contributed by atoms with Crippen molar-refractivity contribution in [1.29, 1.82) is 5.26 Å². The summed E-state index contributed by atoms with van der Waals surface area (Å²) in [7, 11) is 3.45. The van der Waals surface area contributed by atoms with Gasteiger partial charge in [-0.25, -0.2) is 4.79 Å². The highest BCUT2D eigenvalue weighted by molar-refractivity contribution is 8.00. The van der Waals surface area contributed by atoms with E-state index in [1.165, 1.54) is 25.8 Å². The van der Waals surface area contributed by atoms with Crippen molar-refractivity contribution in [2.75, 3.05) is 33.3 Å². The molecule has 6 atom stereocenters. The molecule has 0 aliphatic carbocycles. The molecule has 5 aliphatic rings. The van der Waals surface area contributed by atoms with Crippen molar-refractivity contribution in [2.45, 2.75) is 70.1 Å². The Bertz CT molecular complexity index is 1700. The zero-order valence-corrected chi connectivity index (χ0v) is 26.2. The molecule has 0 aromatic heterocycles. The third-order valence-electron chi connectivity index (χ3n) is 9.54. The molecule has 5 heterocycles. The molecule has 0 unspecified atom stereocenters. The number of piperazine rings is 1. The van der Waals surface area contributed by atoms with Crippen LogP contribution in [0.1, 0.15) is 66.5 Å². The van der Waals surface area contributed by atoms with Crippen LogP contribution in [0.4, 0.5) is 0 Å². The molecule has 2 aromatic carbocycles. The third-order valence-corrected chi connectivity index (χ3v) is 10.8. The third kappa shape index (κ3) is 4.54. The first-order chi connectivity index (χ1) is 21.1. The summed E-state index contributed by atoms with van der Waals surface area (Å²) in [5.41, 5.74) is 4.16. The highest BCUT2D eigenvalue weighted by atomic mass is 32.2. The Labute approximate surface area is 274 Å². The maximum atomic E-state index is 12.9. The summed E-state index contributed by atoms with van der Waals surface area (Å²) in [5, 5.41) is 21.9. The minimum absolute atomic E-state index is 0. The molecule has 2 aromatic rings. The van der Waals surface area contributed by atoms with Gasteiger partial charge in [0.15, 0.2) is 23.0 Å². The lowest BCUT2D eigenvalue weighted by atomic mass is 9.71. The van der Waals surface area contributed by atoms with Gasteiger partial charge in [0.25, 0.3) is 0 Å². The fourth-order valence-corrected chi connectivity index (χ4v) is 9.23. The van der Waals surface area contributed by atoms with E-state index in [4.69, 9.17) is 23.7 Å². The number of thioether (sulfide) groups is 1. The van der Waals surface area contributed by atoms with E-state index in [2.05, 4.69) is 15.9 Å². The minimum atomic E-state index is -0.949. The molecule has 14 heteroatoms. The SMILES string of the molecule is C.COc1c(C)cc2c(c1O)[C@@H]1[C@@H]3[C@@H]4SCC(=O)C(=O)OC[C@@H](c5c6c(c(C)c(OC(C)=O)c54)OCO6)N3[C@@H](C#N)[C@H](C2)N1C.[B].[HH]. The number of hydrogen-bond donors (Lipinski definition) is 1. The molecule has 12 nitrogen and oxygen atoms in total. The lowest BCUT2D eigenvalue weighted by Crippen LogP contribution is -2.69. The van der Waals surface area contributed by atoms with E-state index < -0.39 is 47.1 Å². The first-order valence-corrected chi connectivity index (χ1v) is 15.4. The van der Waals surface area contributed by atoms with Crippen LogP contribution in [0.25, 0.3) is 0 Å². The monoisotopic (exact) mass is 650 g/mol. The highest BCUT2D eigenvalue weighted by Gasteiger charge is 2.60. The highest BCUT2D eigenvalue weighted by Crippen LogP contribution is 2.63. The quantitative estimate of drug-likeness (QED) is 0.220. The zero-order valence-electron chi connectivity index (χ0n) is 25.4. The van der Waals surface area contributed by atoms with Crippen molar-refractivity contribution in [3.05, 3.63) is 39.4 Å². The first-order valence-electron chi connectivity index (χ1n) is 14.3. The maximum absolute atomic E-state index is 12.9. The zero-order chi connectivity index (χ0) is 31.2. The van der Waals surface area contributed by atoms with Crippen LogP contribution in [0.2, 0.25) is 0 Å². The standard InChI is InChI=1S/C31H31N3O9S.CH4.B.H2/c1-12-6-15-7-16-17(8-32)34-18-9-40-31(38)19(36)10-44-30(24(34)23(33(16)4)20(15)25(37)26(12)39-5)22-21(18)29-28(41-11-42-29)13(2)27(22)43-14(3)35;;;/h6,16-18,23-24,30,37H,7,9-11H2,1-5H3;1H4;;1H/t16-,17-,18-,23+,24+,30+;;;/m0.../s1. The number of nitrogens with zero attached hydrogens (tertiary/aromatic N) is 3. The van der Waals surface area contributed by atoms with Gasteiger partial charge in [-0.1, -0.05) is 13.5 Å². The number of ether oxygens (including phenoxy) is 5. The molecule has 4 bridgehead atoms. The van der Waals surface area contributed by atoms with Crippen LogP contribution in [0.15, 0.2) is 6.07 Å². The smallest absolute Gasteiger partial charge is 0.375 e. The number of fused-ring (bicyclic) bond motifs is 9. The molecular weight excluding hydrogens is 613 g/mol. The lowest BCUT2D eigenvalue weighted by Gasteiger charge is -2.61. The van der Waals surface area contributed by atoms with Gasteiger partial charge in [0.1, 0.15) is 18.4 Å². The number of aromatic hydroxyl groups is 1. The number of ketones is 1. The predicted octanol–water partition coefficient (Wildman–Crippen LogP) is 3.30. The average Bonchev–Trinajstić information content (AvgIpc) is 3.47. The second-order valence-electron chi connectivity index (χ2n) is 11.8. The van der Waals surface area contributed by atoms with Gasteiger partial charge in [0, 0.05) is 51.1 Å². The van der Waals surface area contributed by atoms with Crippen molar-refractivity contribution in [1.82, 2.24) is 9.80 Å². The van der Waals surface area contributed by atoms with Crippen LogP contribution >= 0.6 is 11.8 Å². The molecule has 0 saturated carbocycles. The number of phenolic OH excluding ortho intramolecular Hbond substituents is 1. The van der Waals surface area contributed by atoms with Crippen LogP contribution in [-0.4, -0.2) is 92.5 Å². The normalized spacial score (nSPS) is 27.5. The fraction of sp³-hybridized carbons (Fsp3) is 0.500. The number of cyclic esters (lactones) is 1. The van der Waals surface area contributed by atoms with Crippen LogP contribution in [0.5, 0.6) is 28.7 Å². The summed E-state index contributed by atoms with van der Waals surface area (Å²) in [6, 6.07) is 1.81. The molecule has 46 heavy (non-hydrogen) atoms. The molecule has 0 spiro atoms. The molecular formula is C32H37BN3O9S. The van der Waals surface area contributed by atoms with E-state index in [0.717, 1.165) is 11.1 Å². The number of Topliss-reactive ketones (excluding diaryl/α,β-unsaturated/α-hetero) is 1. The van der Waals surface area contributed by atoms with E-state index in [9.17, 15) is 24.8 Å². The Hall–Kier alpha value is -3.93. The number of methoxy groups -OCH3 is 1. The van der Waals surface area contributed by atoms with Crippen molar-refractivity contribution >= 4 is 37.9 Å². The van der Waals surface area contributed by atoms with Gasteiger partial charge in [-0.2, -0.15) is 5.26 Å². The van der Waals surface area contributed by atoms with E-state index in [-0.39, 0.29) is 48.2 Å². The summed E-state index contributed by atoms with van der Waals surface area (Å²) in [6.07, 6.45) is 0.488. The van der Waals surface area contributed by atoms with Crippen molar-refractivity contribution in [3.63, 3.8) is 0 Å². The number of esters is 2. The molecule has 5 aliphatic heterocycles. The van der Waals surface area contributed by atoms with E-state index in [0.29, 0.717) is 51.7 Å². The van der Waals surface area contributed by atoms with E-state index in [1.54, 1.807) is 6.92 Å². The maximum Gasteiger partial charge on any atom is 0.375 e. The number of carbonyl (C=O) groups excluding carboxylic acids is 3. The van der Waals surface area contributed by atoms with E-state index in [1.807, 2.05) is 20.0 Å². The summed E-state index contributed by atoms with van der Waals surface area (Å²) in [6.45, 7) is 4.65. The molecule has 7 rings (SSSR count). The summed E-state index contributed by atoms with van der Waals surface area (Å²) in [4.78, 5) is 42.3. The summed E-state index contributed by atoms with van der Waals surface area (Å²) in [5.74, 6) is -0.855. The first kappa shape index (κ1) is 33.4. The molecule has 2 fully saturated rings. The Balaban J connectivity index is 0.00000167. The molecule has 0 amide bonds. The van der Waals surface area contributed by atoms with Crippen molar-refractivity contribution < 1.29 is 44.6 Å². The number of phenols is 1. The predicted molar refractivity (Wildman–Crippen MR) is 170 cm³/mol. The van der Waals surface area contributed by atoms with Crippen molar-refractivity contribution in [2.24, 2.45) is 0 Å². The molecule has 2 saturated heterocycles. The fourth-order valence-electron chi connectivity index (χ4n) is 7.90. The van der Waals surface area contributed by atoms with Gasteiger partial charge in [0.2, 0.25) is 12.6 Å². The number of carbonyl (C=O) groups is 3. The Morgan fingerprint density at radius 2 is 1.87 bits per heavy atom. The van der Waals surface area contributed by atoms with Gasteiger partial charge >= 0.3 is 11.9 Å². The lowest BCUT2D eigenvalue weighted by molar-refractivity contribution is -0.157.